The molecular formula is C22H27N3O2S. The largest absolute Gasteiger partial charge is 0.465 e. The minimum atomic E-state index is -0.355. The topological polar surface area (TPSA) is 53.6 Å². The van der Waals surface area contributed by atoms with Gasteiger partial charge in [-0.2, -0.15) is 0 Å². The van der Waals surface area contributed by atoms with Crippen molar-refractivity contribution in [3.8, 4) is 0 Å². The number of anilines is 2. The Bertz CT molecular complexity index is 845. The molecule has 1 fully saturated rings. The van der Waals surface area contributed by atoms with Crippen LogP contribution in [0.1, 0.15) is 47.3 Å². The number of nitrogens with one attached hydrogen (secondary N) is 2. The predicted octanol–water partition coefficient (Wildman–Crippen LogP) is 4.43. The first-order chi connectivity index (χ1) is 13.5. The third kappa shape index (κ3) is 4.62. The maximum Gasteiger partial charge on any atom is 0.338 e. The fourth-order valence-electron chi connectivity index (χ4n) is 3.49. The fraction of sp³-hybridized carbons (Fsp3) is 0.364. The molecule has 0 amide bonds. The Balaban J connectivity index is 1.62. The van der Waals surface area contributed by atoms with Crippen LogP contribution in [0.2, 0.25) is 0 Å². The zero-order valence-corrected chi connectivity index (χ0v) is 17.4. The van der Waals surface area contributed by atoms with E-state index >= 15 is 0 Å². The number of hydrogen-bond donors (Lipinski definition) is 2. The van der Waals surface area contributed by atoms with Crippen LogP contribution in [0.4, 0.5) is 11.4 Å². The van der Waals surface area contributed by atoms with Gasteiger partial charge in [-0.3, -0.25) is 0 Å². The minimum absolute atomic E-state index is 0.0664. The normalized spacial score (nSPS) is 14.5. The van der Waals surface area contributed by atoms with Crippen molar-refractivity contribution >= 4 is 34.7 Å². The average molecular weight is 398 g/mol. The number of methoxy groups -OCH3 is 1. The van der Waals surface area contributed by atoms with Gasteiger partial charge in [0.15, 0.2) is 5.11 Å². The fourth-order valence-corrected chi connectivity index (χ4v) is 3.78. The molecule has 148 valence electrons. The predicted molar refractivity (Wildman–Crippen MR) is 118 cm³/mol. The van der Waals surface area contributed by atoms with Crippen LogP contribution in [0.5, 0.6) is 0 Å². The Hall–Kier alpha value is -2.60. The molecule has 0 radical (unpaired) electrons. The van der Waals surface area contributed by atoms with Crippen LogP contribution in [0.3, 0.4) is 0 Å². The molecule has 1 heterocycles. The molecular weight excluding hydrogens is 370 g/mol. The Labute approximate surface area is 172 Å². The molecule has 2 N–H and O–H groups in total. The molecule has 2 aromatic rings. The summed E-state index contributed by atoms with van der Waals surface area (Å²) < 4.78 is 4.83. The van der Waals surface area contributed by atoms with Gasteiger partial charge in [0.1, 0.15) is 0 Å². The summed E-state index contributed by atoms with van der Waals surface area (Å²) in [5, 5.41) is 7.02. The van der Waals surface area contributed by atoms with Crippen molar-refractivity contribution in [2.45, 2.75) is 32.7 Å². The lowest BCUT2D eigenvalue weighted by Crippen LogP contribution is -2.31. The molecule has 0 aliphatic carbocycles. The summed E-state index contributed by atoms with van der Waals surface area (Å²) >= 11 is 5.48. The monoisotopic (exact) mass is 397 g/mol. The van der Waals surface area contributed by atoms with Gasteiger partial charge in [0.25, 0.3) is 0 Å². The van der Waals surface area contributed by atoms with Gasteiger partial charge in [0, 0.05) is 24.5 Å². The number of rotatable bonds is 5. The van der Waals surface area contributed by atoms with E-state index in [1.54, 1.807) is 6.07 Å². The number of hydrogen-bond acceptors (Lipinski definition) is 4. The summed E-state index contributed by atoms with van der Waals surface area (Å²) in [5.74, 6) is -0.355. The molecule has 3 rings (SSSR count). The smallest absolute Gasteiger partial charge is 0.338 e. The van der Waals surface area contributed by atoms with E-state index in [4.69, 9.17) is 17.0 Å². The second kappa shape index (κ2) is 9.06. The second-order valence-electron chi connectivity index (χ2n) is 7.08. The van der Waals surface area contributed by atoms with Crippen molar-refractivity contribution < 1.29 is 9.53 Å². The first kappa shape index (κ1) is 20.1. The van der Waals surface area contributed by atoms with Gasteiger partial charge in [-0.1, -0.05) is 18.2 Å². The molecule has 0 aromatic heterocycles. The van der Waals surface area contributed by atoms with Gasteiger partial charge in [0.2, 0.25) is 0 Å². The number of carbonyl (C=O) groups excluding carboxylic acids is 1. The van der Waals surface area contributed by atoms with Crippen LogP contribution in [0.15, 0.2) is 42.5 Å². The van der Waals surface area contributed by atoms with Crippen molar-refractivity contribution in [1.82, 2.24) is 5.32 Å². The highest BCUT2D eigenvalue weighted by Gasteiger charge is 2.15. The minimum Gasteiger partial charge on any atom is -0.465 e. The molecule has 6 heteroatoms. The van der Waals surface area contributed by atoms with Crippen LogP contribution in [0.25, 0.3) is 0 Å². The number of ether oxygens (including phenoxy) is 1. The van der Waals surface area contributed by atoms with Crippen molar-refractivity contribution in [3.63, 3.8) is 0 Å². The summed E-state index contributed by atoms with van der Waals surface area (Å²) in [6, 6.07) is 14.2. The molecule has 1 aliphatic heterocycles. The number of carbonyl (C=O) groups is 1. The lowest BCUT2D eigenvalue weighted by atomic mass is 10.1. The maximum atomic E-state index is 11.9. The molecule has 0 saturated carbocycles. The van der Waals surface area contributed by atoms with Crippen LogP contribution < -0.4 is 15.5 Å². The van der Waals surface area contributed by atoms with Crippen LogP contribution in [0, 0.1) is 6.92 Å². The molecule has 1 atom stereocenters. The first-order valence-electron chi connectivity index (χ1n) is 9.60. The number of nitrogens with zero attached hydrogens (tertiary/aromatic N) is 1. The summed E-state index contributed by atoms with van der Waals surface area (Å²) in [6.07, 6.45) is 2.55. The van der Waals surface area contributed by atoms with Gasteiger partial charge < -0.3 is 20.3 Å². The van der Waals surface area contributed by atoms with E-state index in [1.165, 1.54) is 31.2 Å². The van der Waals surface area contributed by atoms with Gasteiger partial charge in [-0.05, 0) is 74.3 Å². The average Bonchev–Trinajstić information content (AvgIpc) is 3.24. The van der Waals surface area contributed by atoms with E-state index in [1.807, 2.05) is 19.1 Å². The Morgan fingerprint density at radius 3 is 2.46 bits per heavy atom. The highest BCUT2D eigenvalue weighted by Crippen LogP contribution is 2.23. The quantitative estimate of drug-likeness (QED) is 0.575. The molecule has 0 bridgehead atoms. The van der Waals surface area contributed by atoms with Crippen LogP contribution >= 0.6 is 12.2 Å². The van der Waals surface area contributed by atoms with Crippen molar-refractivity contribution in [2.24, 2.45) is 0 Å². The van der Waals surface area contributed by atoms with Crippen molar-refractivity contribution in [1.29, 1.82) is 0 Å². The first-order valence-corrected chi connectivity index (χ1v) is 10.0. The Morgan fingerprint density at radius 2 is 1.82 bits per heavy atom. The Morgan fingerprint density at radius 1 is 1.14 bits per heavy atom. The van der Waals surface area contributed by atoms with Gasteiger partial charge >= 0.3 is 5.97 Å². The summed E-state index contributed by atoms with van der Waals surface area (Å²) in [5.41, 5.74) is 4.58. The molecule has 28 heavy (non-hydrogen) atoms. The molecule has 1 aliphatic rings. The van der Waals surface area contributed by atoms with Crippen molar-refractivity contribution in [3.05, 3.63) is 59.2 Å². The van der Waals surface area contributed by atoms with E-state index in [9.17, 15) is 4.79 Å². The van der Waals surface area contributed by atoms with E-state index in [0.717, 1.165) is 24.3 Å². The molecule has 2 aromatic carbocycles. The summed E-state index contributed by atoms with van der Waals surface area (Å²) in [7, 11) is 1.38. The van der Waals surface area contributed by atoms with Gasteiger partial charge in [0.05, 0.1) is 18.7 Å². The highest BCUT2D eigenvalue weighted by atomic mass is 32.1. The summed E-state index contributed by atoms with van der Waals surface area (Å²) in [6.45, 7) is 6.24. The zero-order chi connectivity index (χ0) is 20.1. The standard InChI is InChI=1S/C22H27N3O2S/c1-15-19(21(26)27-3)7-6-8-20(15)24-22(28)23-16(2)17-9-11-18(12-10-17)25-13-4-5-14-25/h6-12,16H,4-5,13-14H2,1-3H3,(H2,23,24,28)/t16-/m0/s1. The molecule has 1 saturated heterocycles. The maximum absolute atomic E-state index is 11.9. The number of benzene rings is 2. The SMILES string of the molecule is COC(=O)c1cccc(NC(=S)N[C@@H](C)c2ccc(N3CCCC3)cc2)c1C. The van der Waals surface area contributed by atoms with Gasteiger partial charge in [-0.15, -0.1) is 0 Å². The van der Waals surface area contributed by atoms with Gasteiger partial charge in [-0.25, -0.2) is 4.79 Å². The third-order valence-electron chi connectivity index (χ3n) is 5.20. The van der Waals surface area contributed by atoms with Crippen LogP contribution in [-0.2, 0) is 4.74 Å². The zero-order valence-electron chi connectivity index (χ0n) is 16.6. The lowest BCUT2D eigenvalue weighted by Gasteiger charge is -2.21. The molecule has 5 nitrogen and oxygen atoms in total. The number of thiocarbonyl (C=S) groups is 1. The third-order valence-corrected chi connectivity index (χ3v) is 5.42. The van der Waals surface area contributed by atoms with Crippen molar-refractivity contribution in [2.75, 3.05) is 30.4 Å². The molecule has 0 unspecified atom stereocenters. The summed E-state index contributed by atoms with van der Waals surface area (Å²) in [4.78, 5) is 14.3. The second-order valence-corrected chi connectivity index (χ2v) is 7.48. The molecule has 0 spiro atoms. The van der Waals surface area contributed by atoms with E-state index < -0.39 is 0 Å². The highest BCUT2D eigenvalue weighted by molar-refractivity contribution is 7.80. The lowest BCUT2D eigenvalue weighted by molar-refractivity contribution is 0.0600. The van der Waals surface area contributed by atoms with E-state index in [-0.39, 0.29) is 12.0 Å². The Kier molecular flexibility index (Phi) is 6.52. The van der Waals surface area contributed by atoms with Crippen LogP contribution in [-0.4, -0.2) is 31.3 Å². The van der Waals surface area contributed by atoms with E-state index in [2.05, 4.69) is 46.7 Å². The van der Waals surface area contributed by atoms with E-state index in [0.29, 0.717) is 10.7 Å². The number of esters is 1.